The van der Waals surface area contributed by atoms with E-state index in [0.717, 1.165) is 48.9 Å². The SMILES string of the molecule is CCOC(C)CN.CCOC(C)CNCc1cccc2ccccc12.O=Cc1cccc2ccccc12.[B].[H-].[Na+]. The first-order valence-electron chi connectivity index (χ1n) is 13.1. The number of hydrogen-bond acceptors (Lipinski definition) is 5. The van der Waals surface area contributed by atoms with Gasteiger partial charge in [-0.05, 0) is 54.8 Å². The molecule has 7 heteroatoms. The molecule has 0 amide bonds. The molecule has 0 bridgehead atoms. The van der Waals surface area contributed by atoms with Crippen molar-refractivity contribution in [3.63, 3.8) is 0 Å². The number of aldehydes is 1. The van der Waals surface area contributed by atoms with Crippen molar-refractivity contribution in [3.05, 3.63) is 96.1 Å². The predicted octanol–water partition coefficient (Wildman–Crippen LogP) is 3.11. The number of rotatable bonds is 10. The van der Waals surface area contributed by atoms with Gasteiger partial charge in [0.25, 0.3) is 0 Å². The van der Waals surface area contributed by atoms with Gasteiger partial charge in [-0.25, -0.2) is 0 Å². The van der Waals surface area contributed by atoms with Crippen molar-refractivity contribution in [1.29, 1.82) is 0 Å². The molecular weight excluding hydrogens is 494 g/mol. The fourth-order valence-electron chi connectivity index (χ4n) is 3.91. The monoisotopic (exact) mass is 537 g/mol. The number of carbonyl (C=O) groups excluding carboxylic acids is 1. The van der Waals surface area contributed by atoms with Crippen molar-refractivity contribution in [1.82, 2.24) is 5.32 Å². The molecule has 203 valence electrons. The van der Waals surface area contributed by atoms with Crippen LogP contribution in [0, 0.1) is 0 Å². The maximum Gasteiger partial charge on any atom is 1.00 e. The Morgan fingerprint density at radius 2 is 1.31 bits per heavy atom. The number of ether oxygens (including phenoxy) is 2. The topological polar surface area (TPSA) is 73.6 Å². The summed E-state index contributed by atoms with van der Waals surface area (Å²) in [6.45, 7) is 12.0. The van der Waals surface area contributed by atoms with Gasteiger partial charge < -0.3 is 22.0 Å². The van der Waals surface area contributed by atoms with E-state index in [9.17, 15) is 4.79 Å². The van der Waals surface area contributed by atoms with E-state index in [0.29, 0.717) is 6.54 Å². The number of nitrogens with one attached hydrogen (secondary N) is 1. The number of hydrogen-bond donors (Lipinski definition) is 2. The van der Waals surface area contributed by atoms with Crippen LogP contribution in [-0.2, 0) is 16.0 Å². The fraction of sp³-hybridized carbons (Fsp3) is 0.344. The molecule has 0 aliphatic rings. The van der Waals surface area contributed by atoms with Crippen LogP contribution >= 0.6 is 0 Å². The Hall–Kier alpha value is -2.03. The minimum Gasteiger partial charge on any atom is -1.00 e. The third-order valence-corrected chi connectivity index (χ3v) is 5.81. The Kier molecular flexibility index (Phi) is 20.6. The van der Waals surface area contributed by atoms with Gasteiger partial charge in [-0.2, -0.15) is 0 Å². The van der Waals surface area contributed by atoms with E-state index in [-0.39, 0.29) is 51.6 Å². The van der Waals surface area contributed by atoms with Crippen molar-refractivity contribution >= 4 is 36.2 Å². The average molecular weight is 538 g/mol. The third-order valence-electron chi connectivity index (χ3n) is 5.81. The number of fused-ring (bicyclic) bond motifs is 2. The zero-order valence-corrected chi connectivity index (χ0v) is 26.2. The molecule has 4 aromatic carbocycles. The molecule has 4 aromatic rings. The Morgan fingerprint density at radius 1 is 0.795 bits per heavy atom. The fourth-order valence-corrected chi connectivity index (χ4v) is 3.91. The first-order valence-corrected chi connectivity index (χ1v) is 13.1. The first-order chi connectivity index (χ1) is 18.0. The number of nitrogens with two attached hydrogens (primary N) is 1. The van der Waals surface area contributed by atoms with Gasteiger partial charge in [0.2, 0.25) is 0 Å². The summed E-state index contributed by atoms with van der Waals surface area (Å²) in [4.78, 5) is 10.6. The minimum atomic E-state index is 0. The standard InChI is InChI=1S/C16H21NO.C11H8O.C5H13NO.B.Na.H/c1-3-18-13(2)11-17-12-15-9-6-8-14-7-4-5-10-16(14)15;12-8-10-6-3-5-9-4-1-2-7-11(9)10;1-3-7-5(2)4-6;;;/h4-10,13,17H,3,11-12H2,1-2H3;1-8H;5H,3-4,6H2,1-2H3;;;/q;;;;+1;-1. The van der Waals surface area contributed by atoms with Crippen LogP contribution < -0.4 is 40.6 Å². The summed E-state index contributed by atoms with van der Waals surface area (Å²) in [5.41, 5.74) is 7.33. The summed E-state index contributed by atoms with van der Waals surface area (Å²) < 4.78 is 10.6. The van der Waals surface area contributed by atoms with E-state index in [4.69, 9.17) is 15.2 Å². The second-order valence-electron chi connectivity index (χ2n) is 8.72. The molecule has 0 saturated heterocycles. The van der Waals surface area contributed by atoms with E-state index in [1.54, 1.807) is 0 Å². The number of carbonyl (C=O) groups is 1. The molecule has 0 spiro atoms. The maximum absolute atomic E-state index is 10.6. The Bertz CT molecular complexity index is 1200. The van der Waals surface area contributed by atoms with Crippen LogP contribution in [0.3, 0.4) is 0 Å². The first kappa shape index (κ1) is 37.0. The molecular formula is C32H43BN2NaO3. The average Bonchev–Trinajstić information content (AvgIpc) is 2.94. The largest absolute Gasteiger partial charge is 1.00 e. The van der Waals surface area contributed by atoms with Gasteiger partial charge in [0.15, 0.2) is 6.29 Å². The summed E-state index contributed by atoms with van der Waals surface area (Å²) in [6, 6.07) is 28.6. The van der Waals surface area contributed by atoms with Gasteiger partial charge in [-0.1, -0.05) is 84.9 Å². The van der Waals surface area contributed by atoms with Crippen molar-refractivity contribution in [2.75, 3.05) is 26.3 Å². The smallest absolute Gasteiger partial charge is 1.00 e. The van der Waals surface area contributed by atoms with Crippen molar-refractivity contribution < 1.29 is 45.3 Å². The third kappa shape index (κ3) is 13.3. The molecule has 0 aliphatic carbocycles. The second-order valence-corrected chi connectivity index (χ2v) is 8.72. The van der Waals surface area contributed by atoms with Crippen molar-refractivity contribution in [2.24, 2.45) is 5.73 Å². The van der Waals surface area contributed by atoms with Gasteiger partial charge in [-0.3, -0.25) is 4.79 Å². The van der Waals surface area contributed by atoms with Gasteiger partial charge in [-0.15, -0.1) is 0 Å². The van der Waals surface area contributed by atoms with Crippen LogP contribution in [0.15, 0.2) is 84.9 Å². The van der Waals surface area contributed by atoms with Crippen LogP contribution in [0.5, 0.6) is 0 Å². The Morgan fingerprint density at radius 3 is 1.87 bits per heavy atom. The van der Waals surface area contributed by atoms with Crippen LogP contribution in [0.25, 0.3) is 21.5 Å². The van der Waals surface area contributed by atoms with Crippen LogP contribution in [0.4, 0.5) is 0 Å². The molecule has 0 saturated carbocycles. The van der Waals surface area contributed by atoms with Gasteiger partial charge in [0.1, 0.15) is 0 Å². The molecule has 4 rings (SSSR count). The maximum atomic E-state index is 10.6. The Labute approximate surface area is 260 Å². The van der Waals surface area contributed by atoms with Crippen LogP contribution in [0.2, 0.25) is 0 Å². The normalized spacial score (nSPS) is 11.5. The molecule has 39 heavy (non-hydrogen) atoms. The predicted molar refractivity (Wildman–Crippen MR) is 163 cm³/mol. The van der Waals surface area contributed by atoms with Gasteiger partial charge in [0, 0.05) is 46.8 Å². The minimum absolute atomic E-state index is 0. The van der Waals surface area contributed by atoms with E-state index in [1.165, 1.54) is 16.3 Å². The Balaban J connectivity index is 0. The van der Waals surface area contributed by atoms with E-state index in [1.807, 2.05) is 63.2 Å². The van der Waals surface area contributed by atoms with Crippen LogP contribution in [0.1, 0.15) is 45.0 Å². The zero-order valence-electron chi connectivity index (χ0n) is 25.2. The molecule has 2 atom stereocenters. The summed E-state index contributed by atoms with van der Waals surface area (Å²) in [7, 11) is 0. The molecule has 3 radical (unpaired) electrons. The molecule has 2 unspecified atom stereocenters. The molecule has 5 nitrogen and oxygen atoms in total. The quantitative estimate of drug-likeness (QED) is 0.240. The van der Waals surface area contributed by atoms with Gasteiger partial charge >= 0.3 is 29.6 Å². The molecule has 0 fully saturated rings. The van der Waals surface area contributed by atoms with Crippen LogP contribution in [-0.4, -0.2) is 53.2 Å². The van der Waals surface area contributed by atoms with Gasteiger partial charge in [0.05, 0.1) is 12.2 Å². The summed E-state index contributed by atoms with van der Waals surface area (Å²) in [6.07, 6.45) is 1.39. The molecule has 0 aromatic heterocycles. The number of benzene rings is 4. The summed E-state index contributed by atoms with van der Waals surface area (Å²) in [5, 5.41) is 8.22. The summed E-state index contributed by atoms with van der Waals surface area (Å²) in [5.74, 6) is 0. The van der Waals surface area contributed by atoms with E-state index >= 15 is 0 Å². The molecule has 0 aliphatic heterocycles. The molecule has 0 heterocycles. The zero-order chi connectivity index (χ0) is 26.9. The second kappa shape index (κ2) is 21.8. The molecule has 3 N–H and O–H groups in total. The summed E-state index contributed by atoms with van der Waals surface area (Å²) >= 11 is 0. The van der Waals surface area contributed by atoms with Crippen molar-refractivity contribution in [3.8, 4) is 0 Å². The van der Waals surface area contributed by atoms with E-state index < -0.39 is 0 Å². The van der Waals surface area contributed by atoms with E-state index in [2.05, 4.69) is 54.7 Å². The van der Waals surface area contributed by atoms with Crippen molar-refractivity contribution in [2.45, 2.75) is 46.4 Å².